The fraction of sp³-hybridized carbons (Fsp3) is 0.579. The van der Waals surface area contributed by atoms with E-state index in [0.717, 1.165) is 54.9 Å². The van der Waals surface area contributed by atoms with Crippen LogP contribution in [0.5, 0.6) is 0 Å². The van der Waals surface area contributed by atoms with Gasteiger partial charge in [-0.15, -0.1) is 5.10 Å². The molecule has 26 heavy (non-hydrogen) atoms. The average molecular weight is 394 g/mol. The molecular weight excluding hydrogens is 368 g/mol. The number of likely N-dealkylation sites (tertiary alicyclic amines) is 1. The molecule has 2 N–H and O–H groups in total. The second-order valence-corrected chi connectivity index (χ2v) is 8.32. The van der Waals surface area contributed by atoms with Gasteiger partial charge >= 0.3 is 0 Å². The van der Waals surface area contributed by atoms with Crippen molar-refractivity contribution in [2.24, 2.45) is 0 Å². The number of hydrogen-bond acceptors (Lipinski definition) is 3. The summed E-state index contributed by atoms with van der Waals surface area (Å²) in [5, 5.41) is 15.6. The van der Waals surface area contributed by atoms with Crippen molar-refractivity contribution in [3.63, 3.8) is 0 Å². The first kappa shape index (κ1) is 18.2. The number of benzene rings is 1. The molecule has 2 heterocycles. The lowest BCUT2D eigenvalue weighted by Gasteiger charge is -2.26. The van der Waals surface area contributed by atoms with E-state index in [-0.39, 0.29) is 6.10 Å². The topological polar surface area (TPSA) is 47.4 Å². The summed E-state index contributed by atoms with van der Waals surface area (Å²) in [7, 11) is 0. The first-order valence-electron chi connectivity index (χ1n) is 9.59. The van der Waals surface area contributed by atoms with Gasteiger partial charge in [0.05, 0.1) is 11.6 Å². The molecule has 2 atom stereocenters. The summed E-state index contributed by atoms with van der Waals surface area (Å²) in [5.74, 6) is 0.879. The molecule has 140 valence electrons. The Bertz CT molecular complexity index is 827. The van der Waals surface area contributed by atoms with Crippen LogP contribution in [0.1, 0.15) is 44.6 Å². The van der Waals surface area contributed by atoms with Crippen LogP contribution in [0.3, 0.4) is 0 Å². The van der Waals surface area contributed by atoms with Crippen molar-refractivity contribution in [2.45, 2.75) is 57.3 Å². The normalized spacial score (nSPS) is 24.2. The number of aromatic nitrogens is 3. The molecule has 2 aromatic rings. The molecule has 1 aromatic heterocycles. The zero-order chi connectivity index (χ0) is 18.1. The monoisotopic (exact) mass is 393 g/mol. The van der Waals surface area contributed by atoms with Crippen LogP contribution in [0.25, 0.3) is 11.4 Å². The van der Waals surface area contributed by atoms with Gasteiger partial charge in [-0.1, -0.05) is 36.6 Å². The second-order valence-electron chi connectivity index (χ2n) is 7.55. The summed E-state index contributed by atoms with van der Waals surface area (Å²) < 4.78 is 4.95. The lowest BCUT2D eigenvalue weighted by Crippen LogP contribution is -3.13. The number of halogens is 1. The maximum atomic E-state index is 9.97. The van der Waals surface area contributed by atoms with Crippen molar-refractivity contribution in [1.82, 2.24) is 14.3 Å². The molecule has 1 aliphatic carbocycles. The SMILES string of the molecule is O[C@H]1CCC[NH+](Cn2nc(-c3ccccc3Cl)n(C3CCCC3)c2=S)C1. The maximum Gasteiger partial charge on any atom is 0.203 e. The second kappa shape index (κ2) is 7.80. The lowest BCUT2D eigenvalue weighted by molar-refractivity contribution is -0.931. The number of hydrogen-bond donors (Lipinski definition) is 2. The summed E-state index contributed by atoms with van der Waals surface area (Å²) in [5.41, 5.74) is 0.944. The molecule has 0 spiro atoms. The van der Waals surface area contributed by atoms with Crippen molar-refractivity contribution in [3.05, 3.63) is 34.1 Å². The van der Waals surface area contributed by atoms with E-state index in [1.807, 2.05) is 28.9 Å². The standard InChI is InChI=1S/C19H25ClN4OS/c20-17-10-4-3-9-16(17)18-21-23(13-22-11-5-8-15(25)12-22)19(26)24(18)14-6-1-2-7-14/h3-4,9-10,14-15,25H,1-2,5-8,11-13H2/p+1/t15-/m0/s1. The molecular formula is C19H26ClN4OS+. The largest absolute Gasteiger partial charge is 0.387 e. The molecule has 7 heteroatoms. The van der Waals surface area contributed by atoms with Crippen LogP contribution in [0.15, 0.2) is 24.3 Å². The molecule has 2 fully saturated rings. The molecule has 2 aliphatic rings. The van der Waals surface area contributed by atoms with E-state index < -0.39 is 0 Å². The Balaban J connectivity index is 1.73. The van der Waals surface area contributed by atoms with Gasteiger partial charge in [-0.2, -0.15) is 4.68 Å². The van der Waals surface area contributed by atoms with E-state index in [0.29, 0.717) is 17.7 Å². The lowest BCUT2D eigenvalue weighted by atomic mass is 10.1. The van der Waals surface area contributed by atoms with Gasteiger partial charge in [0.15, 0.2) is 12.5 Å². The molecule has 1 saturated carbocycles. The fourth-order valence-corrected chi connectivity index (χ4v) is 4.88. The minimum atomic E-state index is -0.215. The maximum absolute atomic E-state index is 9.97. The fourth-order valence-electron chi connectivity index (χ4n) is 4.32. The predicted molar refractivity (Wildman–Crippen MR) is 105 cm³/mol. The summed E-state index contributed by atoms with van der Waals surface area (Å²) in [6.45, 7) is 2.52. The summed E-state index contributed by atoms with van der Waals surface area (Å²) in [4.78, 5) is 1.33. The van der Waals surface area contributed by atoms with Crippen LogP contribution in [-0.2, 0) is 6.67 Å². The molecule has 1 aromatic carbocycles. The smallest absolute Gasteiger partial charge is 0.203 e. The van der Waals surface area contributed by atoms with E-state index >= 15 is 0 Å². The number of quaternary nitrogens is 1. The first-order chi connectivity index (χ1) is 12.6. The number of nitrogens with zero attached hydrogens (tertiary/aromatic N) is 3. The van der Waals surface area contributed by atoms with Gasteiger partial charge in [0.25, 0.3) is 0 Å². The molecule has 1 unspecified atom stereocenters. The van der Waals surface area contributed by atoms with Gasteiger partial charge in [0.1, 0.15) is 12.6 Å². The molecule has 5 nitrogen and oxygen atoms in total. The Morgan fingerprint density at radius 3 is 2.69 bits per heavy atom. The zero-order valence-electron chi connectivity index (χ0n) is 14.9. The van der Waals surface area contributed by atoms with Crippen LogP contribution in [-0.4, -0.2) is 38.6 Å². The van der Waals surface area contributed by atoms with E-state index in [4.69, 9.17) is 28.9 Å². The zero-order valence-corrected chi connectivity index (χ0v) is 16.5. The van der Waals surface area contributed by atoms with Gasteiger partial charge < -0.3 is 10.0 Å². The van der Waals surface area contributed by atoms with E-state index in [1.54, 1.807) is 0 Å². The van der Waals surface area contributed by atoms with E-state index in [1.165, 1.54) is 17.7 Å². The summed E-state index contributed by atoms with van der Waals surface area (Å²) in [6.07, 6.45) is 6.50. The minimum Gasteiger partial charge on any atom is -0.387 e. The van der Waals surface area contributed by atoms with Crippen molar-refractivity contribution < 1.29 is 10.0 Å². The van der Waals surface area contributed by atoms with Crippen LogP contribution in [0, 0.1) is 4.77 Å². The van der Waals surface area contributed by atoms with Gasteiger partial charge in [0, 0.05) is 11.6 Å². The Morgan fingerprint density at radius 2 is 1.96 bits per heavy atom. The highest BCUT2D eigenvalue weighted by Crippen LogP contribution is 2.35. The Morgan fingerprint density at radius 1 is 1.19 bits per heavy atom. The number of rotatable bonds is 4. The molecule has 0 bridgehead atoms. The first-order valence-corrected chi connectivity index (χ1v) is 10.4. The number of piperidine rings is 1. The van der Waals surface area contributed by atoms with Gasteiger partial charge in [-0.25, -0.2) is 0 Å². The van der Waals surface area contributed by atoms with Gasteiger partial charge in [-0.3, -0.25) is 4.57 Å². The molecule has 0 radical (unpaired) electrons. The third kappa shape index (κ3) is 3.60. The van der Waals surface area contributed by atoms with Crippen molar-refractivity contribution >= 4 is 23.8 Å². The third-order valence-corrected chi connectivity index (χ3v) is 6.38. The number of aliphatic hydroxyl groups is 1. The Kier molecular flexibility index (Phi) is 5.45. The van der Waals surface area contributed by atoms with E-state index in [9.17, 15) is 5.11 Å². The van der Waals surface area contributed by atoms with Gasteiger partial charge in [0.2, 0.25) is 4.77 Å². The van der Waals surface area contributed by atoms with Crippen LogP contribution >= 0.6 is 23.8 Å². The molecule has 1 aliphatic heterocycles. The van der Waals surface area contributed by atoms with Crippen molar-refractivity contribution in [2.75, 3.05) is 13.1 Å². The highest BCUT2D eigenvalue weighted by atomic mass is 35.5. The Labute approximate surface area is 164 Å². The van der Waals surface area contributed by atoms with Crippen LogP contribution in [0.2, 0.25) is 5.02 Å². The quantitative estimate of drug-likeness (QED) is 0.785. The van der Waals surface area contributed by atoms with Crippen LogP contribution < -0.4 is 4.90 Å². The summed E-state index contributed by atoms with van der Waals surface area (Å²) in [6, 6.07) is 8.27. The Hall–Kier alpha value is -1.21. The van der Waals surface area contributed by atoms with Crippen LogP contribution in [0.4, 0.5) is 0 Å². The third-order valence-electron chi connectivity index (χ3n) is 5.64. The van der Waals surface area contributed by atoms with Crippen molar-refractivity contribution in [1.29, 1.82) is 0 Å². The van der Waals surface area contributed by atoms with Gasteiger partial charge in [-0.05, 0) is 50.0 Å². The molecule has 0 amide bonds. The predicted octanol–water partition coefficient (Wildman–Crippen LogP) is 2.85. The molecule has 1 saturated heterocycles. The highest BCUT2D eigenvalue weighted by Gasteiger charge is 2.27. The number of aliphatic hydroxyl groups excluding tert-OH is 1. The highest BCUT2D eigenvalue weighted by molar-refractivity contribution is 7.71. The van der Waals surface area contributed by atoms with Crippen molar-refractivity contribution in [3.8, 4) is 11.4 Å². The average Bonchev–Trinajstić information content (AvgIpc) is 3.24. The van der Waals surface area contributed by atoms with E-state index in [2.05, 4.69) is 4.57 Å². The molecule has 4 rings (SSSR count). The number of nitrogens with one attached hydrogen (secondary N) is 1. The summed E-state index contributed by atoms with van der Waals surface area (Å²) >= 11 is 12.3. The minimum absolute atomic E-state index is 0.215.